The fourth-order valence-electron chi connectivity index (χ4n) is 2.57. The highest BCUT2D eigenvalue weighted by atomic mass is 16.3. The van der Waals surface area contributed by atoms with E-state index in [1.165, 1.54) is 17.2 Å². The summed E-state index contributed by atoms with van der Waals surface area (Å²) >= 11 is 0. The van der Waals surface area contributed by atoms with Gasteiger partial charge in [0, 0.05) is 11.6 Å². The van der Waals surface area contributed by atoms with Crippen LogP contribution < -0.4 is 0 Å². The van der Waals surface area contributed by atoms with Crippen LogP contribution in [0.25, 0.3) is 16.9 Å². The van der Waals surface area contributed by atoms with E-state index in [1.807, 2.05) is 13.0 Å². The van der Waals surface area contributed by atoms with Gasteiger partial charge in [-0.2, -0.15) is 0 Å². The summed E-state index contributed by atoms with van der Waals surface area (Å²) in [6.07, 6.45) is 2.33. The molecule has 0 saturated heterocycles. The Hall–Kier alpha value is -2.82. The molecule has 3 aromatic rings. The zero-order valence-electron chi connectivity index (χ0n) is 13.4. The van der Waals surface area contributed by atoms with Gasteiger partial charge in [0.05, 0.1) is 11.9 Å². The van der Waals surface area contributed by atoms with Gasteiger partial charge in [-0.1, -0.05) is 24.3 Å². The first-order valence-corrected chi connectivity index (χ1v) is 7.54. The smallest absolute Gasteiger partial charge is 0.145 e. The molecule has 5 nitrogen and oxygen atoms in total. The third kappa shape index (κ3) is 2.65. The quantitative estimate of drug-likeness (QED) is 0.776. The van der Waals surface area contributed by atoms with Crippen molar-refractivity contribution < 1.29 is 10.2 Å². The minimum Gasteiger partial charge on any atom is -0.508 e. The average Bonchev–Trinajstić information content (AvgIpc) is 2.99. The summed E-state index contributed by atoms with van der Waals surface area (Å²) in [7, 11) is 0. The van der Waals surface area contributed by atoms with E-state index in [1.54, 1.807) is 16.9 Å². The molecule has 0 atom stereocenters. The third-order valence-corrected chi connectivity index (χ3v) is 4.14. The van der Waals surface area contributed by atoms with Gasteiger partial charge >= 0.3 is 0 Å². The Kier molecular flexibility index (Phi) is 3.78. The second-order valence-corrected chi connectivity index (χ2v) is 5.65. The van der Waals surface area contributed by atoms with Gasteiger partial charge in [-0.15, -0.1) is 5.10 Å². The molecule has 23 heavy (non-hydrogen) atoms. The summed E-state index contributed by atoms with van der Waals surface area (Å²) in [5, 5.41) is 28.2. The van der Waals surface area contributed by atoms with Crippen molar-refractivity contribution in [1.82, 2.24) is 15.0 Å². The molecule has 0 fully saturated rings. The van der Waals surface area contributed by atoms with Crippen molar-refractivity contribution in [3.05, 3.63) is 53.2 Å². The van der Waals surface area contributed by atoms with E-state index in [9.17, 15) is 10.2 Å². The molecule has 0 radical (unpaired) electrons. The second kappa shape index (κ2) is 5.76. The molecule has 0 unspecified atom stereocenters. The number of nitrogens with zero attached hydrogens (tertiary/aromatic N) is 3. The number of benzene rings is 2. The van der Waals surface area contributed by atoms with Gasteiger partial charge in [0.1, 0.15) is 17.2 Å². The lowest BCUT2D eigenvalue weighted by Crippen LogP contribution is -2.01. The molecule has 1 heterocycles. The molecule has 3 rings (SSSR count). The number of aryl methyl sites for hydroxylation is 3. The second-order valence-electron chi connectivity index (χ2n) is 5.65. The predicted octanol–water partition coefficient (Wildman–Crippen LogP) is 3.52. The summed E-state index contributed by atoms with van der Waals surface area (Å²) in [5.41, 5.74) is 5.41. The maximum atomic E-state index is 10.2. The lowest BCUT2D eigenvalue weighted by atomic mass is 10.0. The third-order valence-electron chi connectivity index (χ3n) is 4.14. The molecule has 0 amide bonds. The van der Waals surface area contributed by atoms with Crippen molar-refractivity contribution in [2.75, 3.05) is 0 Å². The highest BCUT2D eigenvalue weighted by Crippen LogP contribution is 2.33. The zero-order chi connectivity index (χ0) is 16.6. The topological polar surface area (TPSA) is 71.2 Å². The van der Waals surface area contributed by atoms with Gasteiger partial charge in [0.15, 0.2) is 0 Å². The van der Waals surface area contributed by atoms with Crippen molar-refractivity contribution >= 4 is 0 Å². The number of aromatic hydroxyl groups is 2. The van der Waals surface area contributed by atoms with E-state index in [2.05, 4.69) is 36.3 Å². The Labute approximate surface area is 134 Å². The van der Waals surface area contributed by atoms with E-state index in [0.717, 1.165) is 16.8 Å². The number of hydrogen-bond donors (Lipinski definition) is 2. The molecular weight excluding hydrogens is 290 g/mol. The summed E-state index contributed by atoms with van der Waals surface area (Å²) in [6.45, 7) is 6.07. The van der Waals surface area contributed by atoms with E-state index in [-0.39, 0.29) is 11.5 Å². The average molecular weight is 309 g/mol. The SMILES string of the molecule is CCc1cc(-n2nncc2-c2ccc(C)c(C)c2)c(O)cc1O. The summed E-state index contributed by atoms with van der Waals surface area (Å²) in [6, 6.07) is 9.22. The van der Waals surface area contributed by atoms with Gasteiger partial charge in [0.25, 0.3) is 0 Å². The Morgan fingerprint density at radius 1 is 1.00 bits per heavy atom. The van der Waals surface area contributed by atoms with Crippen molar-refractivity contribution in [2.45, 2.75) is 27.2 Å². The van der Waals surface area contributed by atoms with Crippen LogP contribution in [0.15, 0.2) is 36.5 Å². The maximum Gasteiger partial charge on any atom is 0.145 e. The van der Waals surface area contributed by atoms with E-state index >= 15 is 0 Å². The first kappa shape index (κ1) is 15.1. The molecular formula is C18H19N3O2. The first-order chi connectivity index (χ1) is 11.0. The van der Waals surface area contributed by atoms with Gasteiger partial charge < -0.3 is 10.2 Å². The Bertz CT molecular complexity index is 869. The van der Waals surface area contributed by atoms with Gasteiger partial charge in [-0.25, -0.2) is 4.68 Å². The number of phenolic OH excluding ortho intramolecular Hbond substituents is 2. The Morgan fingerprint density at radius 3 is 2.48 bits per heavy atom. The molecule has 0 aliphatic carbocycles. The lowest BCUT2D eigenvalue weighted by Gasteiger charge is -2.12. The fraction of sp³-hybridized carbons (Fsp3) is 0.222. The molecule has 0 aliphatic heterocycles. The van der Waals surface area contributed by atoms with E-state index in [0.29, 0.717) is 12.1 Å². The predicted molar refractivity (Wildman–Crippen MR) is 89.0 cm³/mol. The molecule has 2 N–H and O–H groups in total. The van der Waals surface area contributed by atoms with Crippen LogP contribution in [-0.4, -0.2) is 25.2 Å². The fourth-order valence-corrected chi connectivity index (χ4v) is 2.57. The largest absolute Gasteiger partial charge is 0.508 e. The number of aromatic nitrogens is 3. The molecule has 5 heteroatoms. The number of hydrogen-bond acceptors (Lipinski definition) is 4. The van der Waals surface area contributed by atoms with Crippen LogP contribution in [-0.2, 0) is 6.42 Å². The minimum atomic E-state index is -0.0321. The molecule has 118 valence electrons. The Morgan fingerprint density at radius 2 is 1.78 bits per heavy atom. The van der Waals surface area contributed by atoms with Crippen LogP contribution in [0.3, 0.4) is 0 Å². The van der Waals surface area contributed by atoms with E-state index < -0.39 is 0 Å². The Balaban J connectivity index is 2.16. The van der Waals surface area contributed by atoms with Crippen LogP contribution in [0.2, 0.25) is 0 Å². The van der Waals surface area contributed by atoms with Gasteiger partial charge in [-0.3, -0.25) is 0 Å². The molecule has 0 saturated carbocycles. The van der Waals surface area contributed by atoms with Crippen LogP contribution in [0, 0.1) is 13.8 Å². The van der Waals surface area contributed by atoms with Crippen molar-refractivity contribution in [3.8, 4) is 28.4 Å². The highest BCUT2D eigenvalue weighted by Gasteiger charge is 2.15. The van der Waals surface area contributed by atoms with Crippen molar-refractivity contribution in [2.24, 2.45) is 0 Å². The van der Waals surface area contributed by atoms with Gasteiger partial charge in [-0.05, 0) is 49.1 Å². The monoisotopic (exact) mass is 309 g/mol. The molecule has 0 bridgehead atoms. The summed E-state index contributed by atoms with van der Waals surface area (Å²) in [4.78, 5) is 0. The molecule has 1 aromatic heterocycles. The maximum absolute atomic E-state index is 10.2. The number of rotatable bonds is 3. The van der Waals surface area contributed by atoms with Crippen LogP contribution in [0.4, 0.5) is 0 Å². The van der Waals surface area contributed by atoms with Crippen molar-refractivity contribution in [1.29, 1.82) is 0 Å². The normalized spacial score (nSPS) is 10.9. The summed E-state index contributed by atoms with van der Waals surface area (Å²) < 4.78 is 1.60. The highest BCUT2D eigenvalue weighted by molar-refractivity contribution is 5.65. The lowest BCUT2D eigenvalue weighted by molar-refractivity contribution is 0.443. The molecule has 2 aromatic carbocycles. The zero-order valence-corrected chi connectivity index (χ0v) is 13.4. The van der Waals surface area contributed by atoms with Crippen LogP contribution >= 0.6 is 0 Å². The van der Waals surface area contributed by atoms with Crippen LogP contribution in [0.5, 0.6) is 11.5 Å². The minimum absolute atomic E-state index is 0.0321. The number of phenols is 2. The molecule has 0 aliphatic rings. The first-order valence-electron chi connectivity index (χ1n) is 7.54. The summed E-state index contributed by atoms with van der Waals surface area (Å²) in [5.74, 6) is 0.0527. The molecule has 0 spiro atoms. The van der Waals surface area contributed by atoms with Crippen molar-refractivity contribution in [3.63, 3.8) is 0 Å². The standard InChI is InChI=1S/C18H19N3O2/c1-4-13-8-15(18(23)9-17(13)22)21-16(10-19-20-21)14-6-5-11(2)12(3)7-14/h5-10,22-23H,4H2,1-3H3. The van der Waals surface area contributed by atoms with E-state index in [4.69, 9.17) is 0 Å². The van der Waals surface area contributed by atoms with Crippen LogP contribution in [0.1, 0.15) is 23.6 Å². The van der Waals surface area contributed by atoms with Gasteiger partial charge in [0.2, 0.25) is 0 Å².